The molecule has 10 nitrogen and oxygen atoms in total. The fraction of sp³-hybridized carbons (Fsp3) is 0.407. The van der Waals surface area contributed by atoms with E-state index in [1.165, 1.54) is 21.9 Å². The number of aromatic hydroxyl groups is 1. The lowest BCUT2D eigenvalue weighted by Gasteiger charge is -2.41. The molecular weight excluding hydrogens is 476 g/mol. The molecule has 0 unspecified atom stereocenters. The molecule has 37 heavy (non-hydrogen) atoms. The number of phenolic OH excluding ortho intramolecular Hbond substituents is 1. The van der Waals surface area contributed by atoms with Gasteiger partial charge in [0.1, 0.15) is 24.4 Å². The highest BCUT2D eigenvalue weighted by Gasteiger charge is 2.40. The van der Waals surface area contributed by atoms with Crippen LogP contribution in [-0.4, -0.2) is 83.0 Å². The molecule has 198 valence electrons. The van der Waals surface area contributed by atoms with Crippen LogP contribution >= 0.6 is 0 Å². The van der Waals surface area contributed by atoms with E-state index in [-0.39, 0.29) is 50.7 Å². The molecule has 2 aromatic carbocycles. The Bertz CT molecular complexity index is 1090. The summed E-state index contributed by atoms with van der Waals surface area (Å²) in [7, 11) is 0. The van der Waals surface area contributed by atoms with Crippen molar-refractivity contribution in [3.8, 4) is 5.75 Å². The van der Waals surface area contributed by atoms with Crippen LogP contribution in [0, 0.1) is 0 Å². The zero-order valence-electron chi connectivity index (χ0n) is 21.1. The van der Waals surface area contributed by atoms with Crippen molar-refractivity contribution in [3.05, 3.63) is 65.7 Å². The van der Waals surface area contributed by atoms with Crippen LogP contribution in [-0.2, 0) is 36.8 Å². The van der Waals surface area contributed by atoms with Gasteiger partial charge < -0.3 is 30.7 Å². The number of hydrogen-bond acceptors (Lipinski definition) is 7. The van der Waals surface area contributed by atoms with Gasteiger partial charge in [-0.1, -0.05) is 42.5 Å². The molecule has 1 aliphatic rings. The largest absolute Gasteiger partial charge is 0.508 e. The molecule has 3 rings (SSSR count). The molecule has 3 atom stereocenters. The van der Waals surface area contributed by atoms with E-state index in [0.717, 1.165) is 11.1 Å². The van der Waals surface area contributed by atoms with Gasteiger partial charge in [-0.25, -0.2) is 0 Å². The first-order chi connectivity index (χ1) is 17.7. The van der Waals surface area contributed by atoms with Gasteiger partial charge in [0.2, 0.25) is 17.7 Å². The highest BCUT2D eigenvalue weighted by atomic mass is 16.5. The van der Waals surface area contributed by atoms with Gasteiger partial charge in [0, 0.05) is 19.5 Å². The van der Waals surface area contributed by atoms with Crippen molar-refractivity contribution in [3.63, 3.8) is 0 Å². The summed E-state index contributed by atoms with van der Waals surface area (Å²) in [5.41, 5.74) is 7.69. The van der Waals surface area contributed by atoms with E-state index in [9.17, 15) is 24.3 Å². The predicted molar refractivity (Wildman–Crippen MR) is 136 cm³/mol. The minimum Gasteiger partial charge on any atom is -0.508 e. The average molecular weight is 511 g/mol. The molecule has 2 aromatic rings. The molecule has 1 heterocycles. The monoisotopic (exact) mass is 510 g/mol. The number of esters is 1. The second kappa shape index (κ2) is 12.9. The quantitative estimate of drug-likeness (QED) is 0.398. The minimum atomic E-state index is -0.916. The third-order valence-electron chi connectivity index (χ3n) is 6.22. The highest BCUT2D eigenvalue weighted by Crippen LogP contribution is 2.18. The van der Waals surface area contributed by atoms with Crippen molar-refractivity contribution < 1.29 is 29.0 Å². The number of ether oxygens (including phenoxy) is 1. The van der Waals surface area contributed by atoms with Gasteiger partial charge in [-0.15, -0.1) is 0 Å². The smallest absolute Gasteiger partial charge is 0.325 e. The summed E-state index contributed by atoms with van der Waals surface area (Å²) < 4.78 is 4.99. The third-order valence-corrected chi connectivity index (χ3v) is 6.22. The van der Waals surface area contributed by atoms with E-state index in [1.807, 2.05) is 30.3 Å². The Morgan fingerprint density at radius 1 is 1.08 bits per heavy atom. The van der Waals surface area contributed by atoms with Crippen LogP contribution in [0.4, 0.5) is 0 Å². The number of phenols is 1. The Kier molecular flexibility index (Phi) is 9.62. The Labute approximate surface area is 216 Å². The highest BCUT2D eigenvalue weighted by molar-refractivity contribution is 5.94. The Balaban J connectivity index is 1.69. The summed E-state index contributed by atoms with van der Waals surface area (Å²) in [6.45, 7) is 3.67. The van der Waals surface area contributed by atoms with E-state index in [4.69, 9.17) is 10.5 Å². The van der Waals surface area contributed by atoms with Crippen LogP contribution < -0.4 is 11.1 Å². The van der Waals surface area contributed by atoms with Gasteiger partial charge in [0.15, 0.2) is 0 Å². The molecular formula is C27H34N4O6. The number of carbonyl (C=O) groups is 4. The first kappa shape index (κ1) is 27.7. The summed E-state index contributed by atoms with van der Waals surface area (Å²) in [5, 5.41) is 12.1. The first-order valence-electron chi connectivity index (χ1n) is 12.3. The van der Waals surface area contributed by atoms with Gasteiger partial charge >= 0.3 is 5.97 Å². The summed E-state index contributed by atoms with van der Waals surface area (Å²) in [4.78, 5) is 54.4. The number of rotatable bonds is 10. The SMILES string of the molecule is CCOC(=O)CN1CCN(C(=O)[C@@H](C)NC(=O)[C@@H](N)Cc2ccc(O)cc2)[C@@H](Cc2ccccc2)C1=O. The van der Waals surface area contributed by atoms with E-state index in [2.05, 4.69) is 5.32 Å². The van der Waals surface area contributed by atoms with Crippen LogP contribution in [0.2, 0.25) is 0 Å². The van der Waals surface area contributed by atoms with Crippen LogP contribution in [0.3, 0.4) is 0 Å². The van der Waals surface area contributed by atoms with E-state index >= 15 is 0 Å². The van der Waals surface area contributed by atoms with Crippen molar-refractivity contribution in [2.24, 2.45) is 5.73 Å². The van der Waals surface area contributed by atoms with E-state index in [1.54, 1.807) is 26.0 Å². The number of nitrogens with zero attached hydrogens (tertiary/aromatic N) is 2. The lowest BCUT2D eigenvalue weighted by Crippen LogP contribution is -2.63. The second-order valence-corrected chi connectivity index (χ2v) is 9.01. The van der Waals surface area contributed by atoms with Crippen molar-refractivity contribution in [1.29, 1.82) is 0 Å². The van der Waals surface area contributed by atoms with Crippen molar-refractivity contribution in [2.75, 3.05) is 26.2 Å². The molecule has 0 aromatic heterocycles. The summed E-state index contributed by atoms with van der Waals surface area (Å²) in [5.74, 6) is -1.64. The van der Waals surface area contributed by atoms with E-state index < -0.39 is 35.9 Å². The van der Waals surface area contributed by atoms with Gasteiger partial charge in [-0.05, 0) is 43.5 Å². The Morgan fingerprint density at radius 2 is 1.76 bits per heavy atom. The second-order valence-electron chi connectivity index (χ2n) is 9.01. The van der Waals surface area contributed by atoms with Gasteiger partial charge in [-0.2, -0.15) is 0 Å². The van der Waals surface area contributed by atoms with Crippen molar-refractivity contribution in [2.45, 2.75) is 44.8 Å². The maximum atomic E-state index is 13.4. The molecule has 10 heteroatoms. The fourth-order valence-corrected chi connectivity index (χ4v) is 4.27. The zero-order valence-corrected chi connectivity index (χ0v) is 21.1. The number of carbonyl (C=O) groups excluding carboxylic acids is 4. The number of nitrogens with one attached hydrogen (secondary N) is 1. The number of amides is 3. The molecule has 0 spiro atoms. The summed E-state index contributed by atoms with van der Waals surface area (Å²) >= 11 is 0. The van der Waals surface area contributed by atoms with Crippen molar-refractivity contribution in [1.82, 2.24) is 15.1 Å². The van der Waals surface area contributed by atoms with Crippen LogP contribution in [0.5, 0.6) is 5.75 Å². The van der Waals surface area contributed by atoms with Crippen LogP contribution in [0.15, 0.2) is 54.6 Å². The van der Waals surface area contributed by atoms with Gasteiger partial charge in [-0.3, -0.25) is 19.2 Å². The Hall–Kier alpha value is -3.92. The molecule has 0 radical (unpaired) electrons. The molecule has 0 bridgehead atoms. The van der Waals surface area contributed by atoms with E-state index in [0.29, 0.717) is 0 Å². The zero-order chi connectivity index (χ0) is 26.9. The number of benzene rings is 2. The lowest BCUT2D eigenvalue weighted by atomic mass is 10.00. The third kappa shape index (κ3) is 7.53. The first-order valence-corrected chi connectivity index (χ1v) is 12.3. The maximum absolute atomic E-state index is 13.4. The fourth-order valence-electron chi connectivity index (χ4n) is 4.27. The summed E-state index contributed by atoms with van der Waals surface area (Å²) in [6, 6.07) is 13.0. The van der Waals surface area contributed by atoms with Gasteiger partial charge in [0.05, 0.1) is 12.6 Å². The molecule has 1 saturated heterocycles. The number of nitrogens with two attached hydrogens (primary N) is 1. The van der Waals surface area contributed by atoms with Gasteiger partial charge in [0.25, 0.3) is 0 Å². The average Bonchev–Trinajstić information content (AvgIpc) is 2.88. The molecule has 1 aliphatic heterocycles. The van der Waals surface area contributed by atoms with Crippen molar-refractivity contribution >= 4 is 23.7 Å². The molecule has 3 amide bonds. The standard InChI is InChI=1S/C27H34N4O6/c1-3-37-24(33)17-30-13-14-31(23(27(30)36)16-19-7-5-4-6-8-19)26(35)18(2)29-25(34)22(28)15-20-9-11-21(32)12-10-20/h4-12,18,22-23,32H,3,13-17,28H2,1-2H3,(H,29,34)/t18-,22+,23+/m1/s1. The summed E-state index contributed by atoms with van der Waals surface area (Å²) in [6.07, 6.45) is 0.500. The topological polar surface area (TPSA) is 142 Å². The predicted octanol–water partition coefficient (Wildman–Crippen LogP) is 0.612. The molecule has 1 fully saturated rings. The molecule has 0 aliphatic carbocycles. The van der Waals surface area contributed by atoms with Crippen LogP contribution in [0.1, 0.15) is 25.0 Å². The number of hydrogen-bond donors (Lipinski definition) is 3. The lowest BCUT2D eigenvalue weighted by molar-refractivity contribution is -0.157. The number of piperazine rings is 1. The van der Waals surface area contributed by atoms with Crippen LogP contribution in [0.25, 0.3) is 0 Å². The minimum absolute atomic E-state index is 0.114. The molecule has 0 saturated carbocycles. The Morgan fingerprint density at radius 3 is 2.41 bits per heavy atom. The maximum Gasteiger partial charge on any atom is 0.325 e. The molecule has 4 N–H and O–H groups in total. The normalized spacial score (nSPS) is 17.2.